The van der Waals surface area contributed by atoms with Gasteiger partial charge in [0.05, 0.1) is 17.9 Å². The highest BCUT2D eigenvalue weighted by Crippen LogP contribution is 2.35. The Morgan fingerprint density at radius 1 is 0.969 bits per heavy atom. The summed E-state index contributed by atoms with van der Waals surface area (Å²) < 4.78 is 7.62. The second-order valence-corrected chi connectivity index (χ2v) is 7.35. The third-order valence-corrected chi connectivity index (χ3v) is 5.43. The third-order valence-electron chi connectivity index (χ3n) is 5.43. The average molecular weight is 421 g/mol. The molecule has 158 valence electrons. The molecule has 0 amide bonds. The largest absolute Gasteiger partial charge is 0.494 e. The number of rotatable bonds is 7. The maximum absolute atomic E-state index is 13.8. The molecule has 4 heteroatoms. The van der Waals surface area contributed by atoms with E-state index in [0.29, 0.717) is 18.7 Å². The molecule has 0 aliphatic carbocycles. The van der Waals surface area contributed by atoms with Gasteiger partial charge in [0, 0.05) is 17.4 Å². The van der Waals surface area contributed by atoms with Gasteiger partial charge in [-0.3, -0.25) is 4.79 Å². The molecule has 0 fully saturated rings. The lowest BCUT2D eigenvalue weighted by atomic mass is 9.96. The molecule has 4 rings (SSSR count). The number of allylic oxidation sites excluding steroid dienone is 1. The van der Waals surface area contributed by atoms with Crippen LogP contribution in [0.3, 0.4) is 0 Å². The lowest BCUT2D eigenvalue weighted by Crippen LogP contribution is -2.05. The first-order chi connectivity index (χ1) is 15.7. The summed E-state index contributed by atoms with van der Waals surface area (Å²) in [5.41, 5.74) is 4.21. The molecule has 0 radical (unpaired) electrons. The number of aromatic nitrogens is 1. The van der Waals surface area contributed by atoms with Gasteiger partial charge in [0.1, 0.15) is 17.4 Å². The molecule has 3 aromatic carbocycles. The molecule has 0 aliphatic heterocycles. The van der Waals surface area contributed by atoms with Crippen molar-refractivity contribution < 1.29 is 9.53 Å². The van der Waals surface area contributed by atoms with Crippen LogP contribution in [0.25, 0.3) is 28.2 Å². The van der Waals surface area contributed by atoms with Crippen molar-refractivity contribution in [3.63, 3.8) is 0 Å². The first-order valence-corrected chi connectivity index (χ1v) is 10.7. The normalized spacial score (nSPS) is 11.3. The van der Waals surface area contributed by atoms with Crippen molar-refractivity contribution in [2.24, 2.45) is 0 Å². The second kappa shape index (κ2) is 9.36. The number of aryl methyl sites for hydroxylation is 1. The molecular weight excluding hydrogens is 396 g/mol. The predicted molar refractivity (Wildman–Crippen MR) is 129 cm³/mol. The predicted octanol–water partition coefficient (Wildman–Crippen LogP) is 6.52. The molecule has 0 spiro atoms. The van der Waals surface area contributed by atoms with Crippen LogP contribution >= 0.6 is 0 Å². The Labute approximate surface area is 188 Å². The van der Waals surface area contributed by atoms with E-state index in [1.807, 2.05) is 85.8 Å². The van der Waals surface area contributed by atoms with Crippen LogP contribution in [0.5, 0.6) is 5.75 Å². The van der Waals surface area contributed by atoms with Crippen LogP contribution in [0.4, 0.5) is 0 Å². The van der Waals surface area contributed by atoms with Crippen molar-refractivity contribution in [2.75, 3.05) is 6.61 Å². The summed E-state index contributed by atoms with van der Waals surface area (Å²) in [6.07, 6.45) is 1.64. The van der Waals surface area contributed by atoms with E-state index in [0.717, 1.165) is 33.5 Å². The highest BCUT2D eigenvalue weighted by Gasteiger charge is 2.25. The Morgan fingerprint density at radius 3 is 2.31 bits per heavy atom. The van der Waals surface area contributed by atoms with Gasteiger partial charge in [-0.1, -0.05) is 60.7 Å². The fraction of sp³-hybridized carbons (Fsp3) is 0.143. The van der Waals surface area contributed by atoms with Gasteiger partial charge in [0.15, 0.2) is 0 Å². The minimum absolute atomic E-state index is 0.102. The highest BCUT2D eigenvalue weighted by atomic mass is 16.5. The van der Waals surface area contributed by atoms with E-state index in [1.165, 1.54) is 0 Å². The van der Waals surface area contributed by atoms with Crippen LogP contribution in [-0.4, -0.2) is 17.0 Å². The van der Waals surface area contributed by atoms with Gasteiger partial charge < -0.3 is 9.30 Å². The molecule has 1 heterocycles. The van der Waals surface area contributed by atoms with Crippen LogP contribution in [0.15, 0.2) is 84.4 Å². The number of benzene rings is 3. The van der Waals surface area contributed by atoms with Crippen molar-refractivity contribution >= 4 is 22.8 Å². The summed E-state index contributed by atoms with van der Waals surface area (Å²) in [5.74, 6) is 0.482. The zero-order valence-electron chi connectivity index (χ0n) is 18.2. The van der Waals surface area contributed by atoms with Gasteiger partial charge >= 0.3 is 0 Å². The smallest absolute Gasteiger partial charge is 0.206 e. The van der Waals surface area contributed by atoms with Gasteiger partial charge in [-0.15, -0.1) is 0 Å². The molecule has 0 aliphatic rings. The summed E-state index contributed by atoms with van der Waals surface area (Å²) >= 11 is 0. The summed E-state index contributed by atoms with van der Waals surface area (Å²) in [7, 11) is 0. The highest BCUT2D eigenvalue weighted by molar-refractivity contribution is 6.23. The fourth-order valence-electron chi connectivity index (χ4n) is 4.03. The molecule has 0 unspecified atom stereocenters. The first-order valence-electron chi connectivity index (χ1n) is 10.7. The van der Waals surface area contributed by atoms with E-state index >= 15 is 0 Å². The molecule has 4 nitrogen and oxygen atoms in total. The van der Waals surface area contributed by atoms with Crippen LogP contribution < -0.4 is 4.74 Å². The molecule has 0 atom stereocenters. The van der Waals surface area contributed by atoms with Gasteiger partial charge in [-0.05, 0) is 49.2 Å². The van der Waals surface area contributed by atoms with Crippen LogP contribution in [0.2, 0.25) is 0 Å². The molecule has 4 aromatic rings. The number of ketones is 1. The number of hydrogen-bond acceptors (Lipinski definition) is 3. The SMILES string of the molecule is CCOc1ccc(/C=C(\C#N)C(=O)c2c(-c3ccccc3)n(CC)c3ccccc23)cc1. The Bertz CT molecular complexity index is 1320. The Morgan fingerprint density at radius 2 is 1.66 bits per heavy atom. The van der Waals surface area contributed by atoms with Crippen molar-refractivity contribution in [3.8, 4) is 23.1 Å². The van der Waals surface area contributed by atoms with Crippen molar-refractivity contribution in [1.82, 2.24) is 4.57 Å². The van der Waals surface area contributed by atoms with Crippen molar-refractivity contribution in [3.05, 3.63) is 95.6 Å². The lowest BCUT2D eigenvalue weighted by Gasteiger charge is -2.10. The third kappa shape index (κ3) is 3.93. The molecular formula is C28H24N2O2. The quantitative estimate of drug-likeness (QED) is 0.194. The van der Waals surface area contributed by atoms with E-state index in [9.17, 15) is 10.1 Å². The molecule has 0 saturated carbocycles. The number of hydrogen-bond donors (Lipinski definition) is 0. The maximum Gasteiger partial charge on any atom is 0.206 e. The summed E-state index contributed by atoms with van der Waals surface area (Å²) in [5, 5.41) is 10.7. The molecule has 0 saturated heterocycles. The van der Waals surface area contributed by atoms with Gasteiger partial charge in [-0.2, -0.15) is 5.26 Å². The van der Waals surface area contributed by atoms with Crippen molar-refractivity contribution in [2.45, 2.75) is 20.4 Å². The first kappa shape index (κ1) is 21.1. The van der Waals surface area contributed by atoms with Gasteiger partial charge in [-0.25, -0.2) is 0 Å². The second-order valence-electron chi connectivity index (χ2n) is 7.35. The number of nitrogens with zero attached hydrogens (tertiary/aromatic N) is 2. The van der Waals surface area contributed by atoms with Crippen molar-refractivity contribution in [1.29, 1.82) is 5.26 Å². The maximum atomic E-state index is 13.8. The number of fused-ring (bicyclic) bond motifs is 1. The van der Waals surface area contributed by atoms with E-state index in [4.69, 9.17) is 4.74 Å². The fourth-order valence-corrected chi connectivity index (χ4v) is 4.03. The van der Waals surface area contributed by atoms with E-state index in [2.05, 4.69) is 17.6 Å². The summed E-state index contributed by atoms with van der Waals surface area (Å²) in [6.45, 7) is 5.29. The minimum atomic E-state index is -0.274. The number of Topliss-reactive ketones (excluding diaryl/α,β-unsaturated/α-hetero) is 1. The topological polar surface area (TPSA) is 55.0 Å². The van der Waals surface area contributed by atoms with Crippen LogP contribution in [0, 0.1) is 11.3 Å². The van der Waals surface area contributed by atoms with Crippen LogP contribution in [-0.2, 0) is 6.54 Å². The Hall–Kier alpha value is -4.10. The lowest BCUT2D eigenvalue weighted by molar-refractivity contribution is 0.104. The summed E-state index contributed by atoms with van der Waals surface area (Å²) in [4.78, 5) is 13.8. The Balaban J connectivity index is 1.88. The van der Waals surface area contributed by atoms with Gasteiger partial charge in [0.25, 0.3) is 0 Å². The molecule has 32 heavy (non-hydrogen) atoms. The minimum Gasteiger partial charge on any atom is -0.494 e. The average Bonchev–Trinajstić information content (AvgIpc) is 3.18. The van der Waals surface area contributed by atoms with Gasteiger partial charge in [0.2, 0.25) is 5.78 Å². The van der Waals surface area contributed by atoms with Crippen LogP contribution in [0.1, 0.15) is 29.8 Å². The number of nitriles is 1. The van der Waals surface area contributed by atoms with E-state index in [1.54, 1.807) is 6.08 Å². The monoisotopic (exact) mass is 420 g/mol. The van der Waals surface area contributed by atoms with E-state index in [-0.39, 0.29) is 11.4 Å². The zero-order valence-corrected chi connectivity index (χ0v) is 18.2. The standard InChI is InChI=1S/C28H24N2O2/c1-3-30-25-13-9-8-12-24(25)26(27(30)21-10-6-5-7-11-21)28(31)22(19-29)18-20-14-16-23(17-15-20)32-4-2/h5-18H,3-4H2,1-2H3/b22-18+. The zero-order chi connectivity index (χ0) is 22.5. The molecule has 1 aromatic heterocycles. The molecule has 0 bridgehead atoms. The summed E-state index contributed by atoms with van der Waals surface area (Å²) in [6, 6.07) is 27.3. The molecule has 0 N–H and O–H groups in total. The number of ether oxygens (including phenoxy) is 1. The van der Waals surface area contributed by atoms with E-state index < -0.39 is 0 Å². The Kier molecular flexibility index (Phi) is 6.19. The number of carbonyl (C=O) groups is 1. The number of carbonyl (C=O) groups excluding carboxylic acids is 1. The number of para-hydroxylation sites is 1.